The lowest BCUT2D eigenvalue weighted by Crippen LogP contribution is -2.34. The molecule has 0 unspecified atom stereocenters. The molecule has 10 nitrogen and oxygen atoms in total. The van der Waals surface area contributed by atoms with Crippen molar-refractivity contribution in [3.8, 4) is 11.5 Å². The molecule has 0 spiro atoms. The smallest absolute Gasteiger partial charge is 0.274 e. The molecule has 0 aliphatic heterocycles. The lowest BCUT2D eigenvalue weighted by atomic mass is 10.1. The van der Waals surface area contributed by atoms with Gasteiger partial charge in [-0.15, -0.1) is 0 Å². The molecule has 0 aliphatic rings. The third-order valence-electron chi connectivity index (χ3n) is 9.75. The maximum atomic E-state index is 13.9. The van der Waals surface area contributed by atoms with Crippen molar-refractivity contribution in [1.82, 2.24) is 14.1 Å². The highest BCUT2D eigenvalue weighted by Gasteiger charge is 2.22. The van der Waals surface area contributed by atoms with Crippen LogP contribution in [0.2, 0.25) is 25.7 Å². The zero-order chi connectivity index (χ0) is 39.1. The van der Waals surface area contributed by atoms with Crippen LogP contribution in [0.15, 0.2) is 114 Å². The van der Waals surface area contributed by atoms with Gasteiger partial charge in [-0.25, -0.2) is 4.98 Å². The van der Waals surface area contributed by atoms with Crippen LogP contribution in [0, 0.1) is 6.92 Å². The number of ether oxygens (including phenoxy) is 3. The highest BCUT2D eigenvalue weighted by Crippen LogP contribution is 2.30. The standard InChI is InChI=1S/C44H51N5O5Si/c1-32-26-41-39(45-43(32)47(28-33-16-20-37(52-3)21-17-33)29-34-18-22-38(53-4)23-19-34)27-36(49(41)31-54-24-25-55(5,6)7)30-48-40(14-11-15-42(48)50)44(51)46(2)35-12-9-8-10-13-35/h8-23,26-27H,24-25,28-31H2,1-7H3. The Labute approximate surface area is 324 Å². The lowest BCUT2D eigenvalue weighted by Gasteiger charge is -2.26. The van der Waals surface area contributed by atoms with Crippen molar-refractivity contribution in [2.24, 2.45) is 0 Å². The van der Waals surface area contributed by atoms with E-state index in [1.807, 2.05) is 60.7 Å². The molecule has 0 aliphatic carbocycles. The van der Waals surface area contributed by atoms with Crippen LogP contribution >= 0.6 is 0 Å². The molecule has 55 heavy (non-hydrogen) atoms. The lowest BCUT2D eigenvalue weighted by molar-refractivity contribution is 0.0882. The molecular formula is C44H51N5O5Si. The van der Waals surface area contributed by atoms with Gasteiger partial charge in [0.25, 0.3) is 11.5 Å². The van der Waals surface area contributed by atoms with Gasteiger partial charge in [0.1, 0.15) is 29.7 Å². The number of nitrogens with zero attached hydrogens (tertiary/aromatic N) is 5. The van der Waals surface area contributed by atoms with E-state index < -0.39 is 8.07 Å². The molecule has 0 radical (unpaired) electrons. The number of carbonyl (C=O) groups is 1. The monoisotopic (exact) mass is 757 g/mol. The van der Waals surface area contributed by atoms with Gasteiger partial charge in [-0.2, -0.15) is 0 Å². The molecule has 1 amide bonds. The molecule has 0 saturated carbocycles. The molecule has 3 aromatic heterocycles. The van der Waals surface area contributed by atoms with Crippen LogP contribution in [0.4, 0.5) is 11.5 Å². The molecule has 0 fully saturated rings. The largest absolute Gasteiger partial charge is 0.497 e. The summed E-state index contributed by atoms with van der Waals surface area (Å²) in [6.45, 7) is 11.4. The molecule has 0 saturated heterocycles. The number of amides is 1. The van der Waals surface area contributed by atoms with Crippen LogP contribution in [0.25, 0.3) is 11.0 Å². The normalized spacial score (nSPS) is 11.5. The highest BCUT2D eigenvalue weighted by atomic mass is 28.3. The number of carbonyl (C=O) groups excluding carboxylic acids is 1. The second kappa shape index (κ2) is 17.2. The summed E-state index contributed by atoms with van der Waals surface area (Å²) in [4.78, 5) is 36.6. The number of benzene rings is 3. The second-order valence-electron chi connectivity index (χ2n) is 15.0. The van der Waals surface area contributed by atoms with E-state index >= 15 is 0 Å². The van der Waals surface area contributed by atoms with Crippen molar-refractivity contribution in [3.05, 3.63) is 148 Å². The highest BCUT2D eigenvalue weighted by molar-refractivity contribution is 6.76. The van der Waals surface area contributed by atoms with Gasteiger partial charge in [-0.1, -0.05) is 68.2 Å². The SMILES string of the molecule is COc1ccc(CN(Cc2ccc(OC)cc2)c2nc3cc(Cn4c(C(=O)N(C)c5ccccc5)cccc4=O)n(COCC[Si](C)(C)C)c3cc2C)cc1. The van der Waals surface area contributed by atoms with E-state index in [4.69, 9.17) is 19.2 Å². The number of methoxy groups -OCH3 is 2. The Morgan fingerprint density at radius 2 is 1.40 bits per heavy atom. The summed E-state index contributed by atoms with van der Waals surface area (Å²) in [6, 6.07) is 35.7. The first-order chi connectivity index (χ1) is 26.4. The van der Waals surface area contributed by atoms with E-state index in [0.717, 1.165) is 62.5 Å². The van der Waals surface area contributed by atoms with E-state index in [1.54, 1.807) is 42.9 Å². The van der Waals surface area contributed by atoms with Crippen LogP contribution in [-0.2, 0) is 31.1 Å². The predicted octanol–water partition coefficient (Wildman–Crippen LogP) is 8.37. The van der Waals surface area contributed by atoms with E-state index in [9.17, 15) is 9.59 Å². The summed E-state index contributed by atoms with van der Waals surface area (Å²) >= 11 is 0. The second-order valence-corrected chi connectivity index (χ2v) is 20.7. The summed E-state index contributed by atoms with van der Waals surface area (Å²) in [5.74, 6) is 2.18. The first-order valence-electron chi connectivity index (χ1n) is 18.6. The molecule has 3 aromatic carbocycles. The Bertz CT molecular complexity index is 2230. The number of fused-ring (bicyclic) bond motifs is 1. The van der Waals surface area contributed by atoms with Crippen molar-refractivity contribution in [1.29, 1.82) is 0 Å². The Morgan fingerprint density at radius 1 is 0.782 bits per heavy atom. The number of pyridine rings is 2. The summed E-state index contributed by atoms with van der Waals surface area (Å²) in [5, 5.41) is 0. The van der Waals surface area contributed by atoms with Crippen molar-refractivity contribution in [2.75, 3.05) is 37.7 Å². The third kappa shape index (κ3) is 9.54. The van der Waals surface area contributed by atoms with Crippen molar-refractivity contribution < 1.29 is 19.0 Å². The molecule has 0 N–H and O–H groups in total. The fourth-order valence-electron chi connectivity index (χ4n) is 6.53. The average Bonchev–Trinajstić information content (AvgIpc) is 3.51. The Morgan fingerprint density at radius 3 is 1.98 bits per heavy atom. The quantitative estimate of drug-likeness (QED) is 0.0724. The predicted molar refractivity (Wildman–Crippen MR) is 223 cm³/mol. The Balaban J connectivity index is 1.41. The molecule has 6 aromatic rings. The van der Waals surface area contributed by atoms with Crippen LogP contribution < -0.4 is 24.8 Å². The van der Waals surface area contributed by atoms with E-state index in [2.05, 4.69) is 66.4 Å². The van der Waals surface area contributed by atoms with Gasteiger partial charge in [0, 0.05) is 52.3 Å². The van der Waals surface area contributed by atoms with Gasteiger partial charge in [0.2, 0.25) is 0 Å². The Kier molecular flexibility index (Phi) is 12.2. The molecule has 6 rings (SSSR count). The van der Waals surface area contributed by atoms with E-state index in [-0.39, 0.29) is 18.0 Å². The number of aryl methyl sites for hydroxylation is 1. The number of hydrogen-bond donors (Lipinski definition) is 0. The fraction of sp³-hybridized carbons (Fsp3) is 0.295. The van der Waals surface area contributed by atoms with Gasteiger partial charge < -0.3 is 28.6 Å². The summed E-state index contributed by atoms with van der Waals surface area (Å²) in [7, 11) is 3.73. The number of hydrogen-bond acceptors (Lipinski definition) is 7. The number of aromatic nitrogens is 3. The van der Waals surface area contributed by atoms with Gasteiger partial charge >= 0.3 is 0 Å². The number of para-hydroxylation sites is 1. The maximum Gasteiger partial charge on any atom is 0.274 e. The summed E-state index contributed by atoms with van der Waals surface area (Å²) in [6.07, 6.45) is 0. The zero-order valence-corrected chi connectivity index (χ0v) is 33.9. The third-order valence-corrected chi connectivity index (χ3v) is 11.5. The minimum Gasteiger partial charge on any atom is -0.497 e. The molecule has 0 atom stereocenters. The average molecular weight is 758 g/mol. The van der Waals surface area contributed by atoms with Crippen molar-refractivity contribution in [2.45, 2.75) is 59.0 Å². The van der Waals surface area contributed by atoms with Crippen molar-refractivity contribution >= 4 is 36.5 Å². The molecule has 11 heteroatoms. The number of rotatable bonds is 16. The molecular weight excluding hydrogens is 707 g/mol. The topological polar surface area (TPSA) is 91.1 Å². The molecule has 3 heterocycles. The Hall–Kier alpha value is -5.65. The van der Waals surface area contributed by atoms with Crippen LogP contribution in [0.5, 0.6) is 11.5 Å². The van der Waals surface area contributed by atoms with Gasteiger partial charge in [-0.05, 0) is 84.3 Å². The van der Waals surface area contributed by atoms with Gasteiger partial charge in [-0.3, -0.25) is 14.2 Å². The minimum atomic E-state index is -1.33. The van der Waals surface area contributed by atoms with Crippen LogP contribution in [-0.4, -0.2) is 56.0 Å². The van der Waals surface area contributed by atoms with Crippen LogP contribution in [0.3, 0.4) is 0 Å². The van der Waals surface area contributed by atoms with Gasteiger partial charge in [0.15, 0.2) is 0 Å². The van der Waals surface area contributed by atoms with Crippen molar-refractivity contribution in [3.63, 3.8) is 0 Å². The van der Waals surface area contributed by atoms with Gasteiger partial charge in [0.05, 0.1) is 31.8 Å². The van der Waals surface area contributed by atoms with Crippen LogP contribution in [0.1, 0.15) is 32.9 Å². The fourth-order valence-corrected chi connectivity index (χ4v) is 7.29. The first-order valence-corrected chi connectivity index (χ1v) is 22.3. The maximum absolute atomic E-state index is 13.9. The number of anilines is 2. The van der Waals surface area contributed by atoms with E-state index in [0.29, 0.717) is 32.1 Å². The first kappa shape index (κ1) is 39.1. The summed E-state index contributed by atoms with van der Waals surface area (Å²) in [5.41, 5.74) is 6.49. The zero-order valence-electron chi connectivity index (χ0n) is 32.9. The van der Waals surface area contributed by atoms with E-state index in [1.165, 1.54) is 6.07 Å². The molecule has 0 bridgehead atoms. The molecule has 286 valence electrons. The minimum absolute atomic E-state index is 0.160. The summed E-state index contributed by atoms with van der Waals surface area (Å²) < 4.78 is 20.8.